The average molecular weight is 246 g/mol. The first kappa shape index (κ1) is 10.3. The van der Waals surface area contributed by atoms with Crippen molar-refractivity contribution in [1.29, 1.82) is 0 Å². The van der Waals surface area contributed by atoms with Crippen LogP contribution in [0.1, 0.15) is 5.56 Å². The van der Waals surface area contributed by atoms with Crippen LogP contribution in [0.15, 0.2) is 11.6 Å². The van der Waals surface area contributed by atoms with Crippen molar-refractivity contribution in [3.63, 3.8) is 0 Å². The van der Waals surface area contributed by atoms with Crippen LogP contribution in [0, 0.1) is 5.82 Å². The van der Waals surface area contributed by atoms with Crippen molar-refractivity contribution < 1.29 is 13.9 Å². The molecular weight excluding hydrogens is 241 g/mol. The highest BCUT2D eigenvalue weighted by Gasteiger charge is 2.13. The summed E-state index contributed by atoms with van der Waals surface area (Å²) in [5.74, 6) is -0.514. The van der Waals surface area contributed by atoms with Crippen LogP contribution in [0.2, 0.25) is 5.02 Å². The predicted octanol–water partition coefficient (Wildman–Crippen LogP) is 2.76. The number of benzene rings is 1. The Kier molecular flexibility index (Phi) is 2.83. The predicted molar refractivity (Wildman–Crippen MR) is 55.4 cm³/mol. The van der Waals surface area contributed by atoms with Crippen molar-refractivity contribution in [2.45, 2.75) is 6.61 Å². The summed E-state index contributed by atoms with van der Waals surface area (Å²) in [6.07, 6.45) is 0. The number of hydrogen-bond donors (Lipinski definition) is 0. The molecule has 2 aromatic rings. The van der Waals surface area contributed by atoms with Gasteiger partial charge in [0.15, 0.2) is 0 Å². The van der Waals surface area contributed by atoms with Crippen LogP contribution in [-0.4, -0.2) is 11.5 Å². The fourth-order valence-electron chi connectivity index (χ4n) is 1.26. The van der Waals surface area contributed by atoms with Crippen LogP contribution in [0.25, 0.3) is 10.2 Å². The van der Waals surface area contributed by atoms with Crippen LogP contribution < -0.4 is 0 Å². The number of fused-ring (bicyclic) bond motifs is 1. The molecule has 0 radical (unpaired) electrons. The van der Waals surface area contributed by atoms with Gasteiger partial charge in [-0.05, 0) is 6.07 Å². The molecule has 1 aromatic carbocycles. The molecule has 0 atom stereocenters. The molecule has 0 bridgehead atoms. The van der Waals surface area contributed by atoms with Gasteiger partial charge in [-0.3, -0.25) is 4.79 Å². The van der Waals surface area contributed by atoms with Gasteiger partial charge in [0.2, 0.25) is 0 Å². The second-order valence-corrected chi connectivity index (χ2v) is 4.02. The van der Waals surface area contributed by atoms with E-state index in [1.54, 1.807) is 5.51 Å². The molecule has 0 saturated carbocycles. The topological polar surface area (TPSA) is 39.2 Å². The highest BCUT2D eigenvalue weighted by molar-refractivity contribution is 7.17. The lowest BCUT2D eigenvalue weighted by atomic mass is 10.2. The Morgan fingerprint density at radius 2 is 2.47 bits per heavy atom. The molecule has 0 saturated heterocycles. The molecule has 6 heteroatoms. The molecule has 15 heavy (non-hydrogen) atoms. The minimum atomic E-state index is -0.514. The Morgan fingerprint density at radius 1 is 1.67 bits per heavy atom. The maximum Gasteiger partial charge on any atom is 0.293 e. The van der Waals surface area contributed by atoms with Gasteiger partial charge in [-0.25, -0.2) is 9.37 Å². The number of carbonyl (C=O) groups is 1. The Labute approximate surface area is 93.4 Å². The molecule has 2 rings (SSSR count). The number of aromatic nitrogens is 1. The van der Waals surface area contributed by atoms with Gasteiger partial charge in [0, 0.05) is 0 Å². The number of halogens is 2. The van der Waals surface area contributed by atoms with E-state index >= 15 is 0 Å². The van der Waals surface area contributed by atoms with Crippen LogP contribution in [-0.2, 0) is 16.1 Å². The summed E-state index contributed by atoms with van der Waals surface area (Å²) in [5, 5.41) is 0.319. The van der Waals surface area contributed by atoms with Gasteiger partial charge >= 0.3 is 0 Å². The molecule has 0 aliphatic carbocycles. The van der Waals surface area contributed by atoms with Crippen LogP contribution in [0.4, 0.5) is 4.39 Å². The van der Waals surface area contributed by atoms with Crippen LogP contribution >= 0.6 is 22.9 Å². The van der Waals surface area contributed by atoms with Crippen LogP contribution in [0.3, 0.4) is 0 Å². The van der Waals surface area contributed by atoms with Crippen molar-refractivity contribution in [3.8, 4) is 0 Å². The molecular formula is C9H5ClFNO2S. The number of hydrogen-bond acceptors (Lipinski definition) is 4. The standard InChI is InChI=1S/C9H5ClFNO2S/c10-6-1-7(11)5(2-14-4-13)8-9(6)15-3-12-8/h1,3-4H,2H2. The Balaban J connectivity index is 2.60. The monoisotopic (exact) mass is 245 g/mol. The second kappa shape index (κ2) is 4.12. The Bertz CT molecular complexity index is 514. The van der Waals surface area contributed by atoms with E-state index in [0.717, 1.165) is 0 Å². The van der Waals surface area contributed by atoms with E-state index in [2.05, 4.69) is 9.72 Å². The summed E-state index contributed by atoms with van der Waals surface area (Å²) in [6, 6.07) is 1.20. The van der Waals surface area contributed by atoms with E-state index in [9.17, 15) is 9.18 Å². The second-order valence-electron chi connectivity index (χ2n) is 2.76. The van der Waals surface area contributed by atoms with Gasteiger partial charge in [-0.15, -0.1) is 11.3 Å². The summed E-state index contributed by atoms with van der Waals surface area (Å²) in [6.45, 7) is 0.138. The Morgan fingerprint density at radius 3 is 3.20 bits per heavy atom. The summed E-state index contributed by atoms with van der Waals surface area (Å²) in [7, 11) is 0. The molecule has 0 amide bonds. The lowest BCUT2D eigenvalue weighted by Gasteiger charge is -2.03. The van der Waals surface area contributed by atoms with Gasteiger partial charge in [-0.2, -0.15) is 0 Å². The first-order valence-corrected chi connectivity index (χ1v) is 5.25. The quantitative estimate of drug-likeness (QED) is 0.781. The zero-order valence-electron chi connectivity index (χ0n) is 7.37. The van der Waals surface area contributed by atoms with E-state index in [0.29, 0.717) is 15.2 Å². The minimum Gasteiger partial charge on any atom is -0.463 e. The number of ether oxygens (including phenoxy) is 1. The molecule has 1 aromatic heterocycles. The summed E-state index contributed by atoms with van der Waals surface area (Å²) in [4.78, 5) is 14.0. The largest absolute Gasteiger partial charge is 0.463 e. The molecule has 0 spiro atoms. The first-order valence-electron chi connectivity index (χ1n) is 3.99. The molecule has 78 valence electrons. The molecule has 1 heterocycles. The zero-order chi connectivity index (χ0) is 10.8. The van der Waals surface area contributed by atoms with Gasteiger partial charge in [0.25, 0.3) is 6.47 Å². The summed E-state index contributed by atoms with van der Waals surface area (Å²) >= 11 is 7.15. The highest BCUT2D eigenvalue weighted by Crippen LogP contribution is 2.31. The molecule has 0 unspecified atom stereocenters. The molecule has 0 N–H and O–H groups in total. The maximum atomic E-state index is 13.5. The van der Waals surface area contributed by atoms with Crippen molar-refractivity contribution in [2.75, 3.05) is 0 Å². The average Bonchev–Trinajstić information content (AvgIpc) is 2.66. The van der Waals surface area contributed by atoms with E-state index in [1.807, 2.05) is 0 Å². The van der Waals surface area contributed by atoms with Gasteiger partial charge in [0.1, 0.15) is 12.4 Å². The lowest BCUT2D eigenvalue weighted by Crippen LogP contribution is -1.96. The fourth-order valence-corrected chi connectivity index (χ4v) is 2.30. The SMILES string of the molecule is O=COCc1c(F)cc(Cl)c2scnc12. The number of thiazole rings is 1. The van der Waals surface area contributed by atoms with E-state index in [4.69, 9.17) is 11.6 Å². The molecule has 0 aliphatic heterocycles. The van der Waals surface area contributed by atoms with E-state index < -0.39 is 5.82 Å². The highest BCUT2D eigenvalue weighted by atomic mass is 35.5. The molecule has 0 aliphatic rings. The number of rotatable bonds is 3. The van der Waals surface area contributed by atoms with Crippen molar-refractivity contribution in [1.82, 2.24) is 4.98 Å². The number of carbonyl (C=O) groups excluding carboxylic acids is 1. The summed E-state index contributed by atoms with van der Waals surface area (Å²) < 4.78 is 18.7. The molecule has 3 nitrogen and oxygen atoms in total. The summed E-state index contributed by atoms with van der Waals surface area (Å²) in [5.41, 5.74) is 2.27. The number of nitrogens with zero attached hydrogens (tertiary/aromatic N) is 1. The van der Waals surface area contributed by atoms with Crippen molar-refractivity contribution >= 4 is 39.6 Å². The van der Waals surface area contributed by atoms with Crippen molar-refractivity contribution in [2.24, 2.45) is 0 Å². The van der Waals surface area contributed by atoms with Crippen molar-refractivity contribution in [3.05, 3.63) is 28.0 Å². The fraction of sp³-hybridized carbons (Fsp3) is 0.111. The zero-order valence-corrected chi connectivity index (χ0v) is 8.94. The normalized spacial score (nSPS) is 10.5. The molecule has 0 fully saturated rings. The van der Waals surface area contributed by atoms with E-state index in [1.165, 1.54) is 17.4 Å². The Hall–Kier alpha value is -1.20. The lowest BCUT2D eigenvalue weighted by molar-refractivity contribution is -0.129. The van der Waals surface area contributed by atoms with Crippen LogP contribution in [0.5, 0.6) is 0 Å². The third-order valence-electron chi connectivity index (χ3n) is 1.91. The first-order chi connectivity index (χ1) is 7.24. The maximum absolute atomic E-state index is 13.5. The smallest absolute Gasteiger partial charge is 0.293 e. The van der Waals surface area contributed by atoms with Gasteiger partial charge in [-0.1, -0.05) is 11.6 Å². The van der Waals surface area contributed by atoms with E-state index in [-0.39, 0.29) is 18.6 Å². The van der Waals surface area contributed by atoms with Gasteiger partial charge in [0.05, 0.1) is 26.3 Å². The van der Waals surface area contributed by atoms with Gasteiger partial charge < -0.3 is 4.74 Å². The minimum absolute atomic E-state index is 0.132. The third-order valence-corrected chi connectivity index (χ3v) is 3.18. The third kappa shape index (κ3) is 1.80.